The van der Waals surface area contributed by atoms with E-state index >= 15 is 0 Å². The molecule has 0 N–H and O–H groups in total. The third-order valence-electron chi connectivity index (χ3n) is 4.99. The van der Waals surface area contributed by atoms with E-state index in [0.717, 1.165) is 24.2 Å². The summed E-state index contributed by atoms with van der Waals surface area (Å²) in [5, 5.41) is 4.09. The monoisotopic (exact) mass is 361 g/mol. The number of amides is 1. The van der Waals surface area contributed by atoms with Gasteiger partial charge in [-0.3, -0.25) is 4.79 Å². The molecular weight excluding hydrogens is 338 g/mol. The molecule has 5 nitrogen and oxygen atoms in total. The van der Waals surface area contributed by atoms with Crippen LogP contribution in [-0.4, -0.2) is 34.0 Å². The average Bonchev–Trinajstić information content (AvgIpc) is 3.08. The molecule has 0 aliphatic carbocycles. The Balaban J connectivity index is 1.27. The number of hydrogen-bond acceptors (Lipinski definition) is 4. The Hall–Kier alpha value is -2.95. The zero-order chi connectivity index (χ0) is 18.6. The Morgan fingerprint density at radius 3 is 2.63 bits per heavy atom. The van der Waals surface area contributed by atoms with E-state index in [4.69, 9.17) is 4.52 Å². The Kier molecular flexibility index (Phi) is 5.01. The van der Waals surface area contributed by atoms with E-state index in [-0.39, 0.29) is 11.8 Å². The molecular formula is C22H23N3O2. The maximum atomic E-state index is 12.4. The number of hydrogen-bond donors (Lipinski definition) is 0. The molecule has 2 heterocycles. The van der Waals surface area contributed by atoms with Gasteiger partial charge in [0.15, 0.2) is 5.82 Å². The third-order valence-corrected chi connectivity index (χ3v) is 4.99. The van der Waals surface area contributed by atoms with E-state index < -0.39 is 0 Å². The van der Waals surface area contributed by atoms with Gasteiger partial charge < -0.3 is 9.42 Å². The zero-order valence-electron chi connectivity index (χ0n) is 15.5. The summed E-state index contributed by atoms with van der Waals surface area (Å²) in [5.41, 5.74) is 3.50. The van der Waals surface area contributed by atoms with Crippen LogP contribution in [0.5, 0.6) is 0 Å². The molecule has 4 rings (SSSR count). The van der Waals surface area contributed by atoms with Crippen LogP contribution in [0, 0.1) is 6.92 Å². The highest BCUT2D eigenvalue weighted by Crippen LogP contribution is 2.26. The molecule has 5 heteroatoms. The molecule has 0 unspecified atom stereocenters. The van der Waals surface area contributed by atoms with Crippen molar-refractivity contribution in [2.24, 2.45) is 0 Å². The summed E-state index contributed by atoms with van der Waals surface area (Å²) in [6.07, 6.45) is 2.10. The van der Waals surface area contributed by atoms with E-state index in [1.807, 2.05) is 48.2 Å². The van der Waals surface area contributed by atoms with Gasteiger partial charge >= 0.3 is 0 Å². The molecule has 0 saturated carbocycles. The Morgan fingerprint density at radius 1 is 1.07 bits per heavy atom. The van der Waals surface area contributed by atoms with Crippen molar-refractivity contribution in [2.75, 3.05) is 13.1 Å². The van der Waals surface area contributed by atoms with Crippen LogP contribution in [-0.2, 0) is 24.1 Å². The summed E-state index contributed by atoms with van der Waals surface area (Å²) in [6, 6.07) is 18.4. The molecule has 1 aromatic heterocycles. The molecule has 3 aromatic rings. The van der Waals surface area contributed by atoms with E-state index in [2.05, 4.69) is 28.3 Å². The predicted octanol–water partition coefficient (Wildman–Crippen LogP) is 3.33. The van der Waals surface area contributed by atoms with E-state index in [0.29, 0.717) is 25.4 Å². The first-order valence-electron chi connectivity index (χ1n) is 9.37. The molecule has 1 amide bonds. The molecule has 1 fully saturated rings. The second kappa shape index (κ2) is 7.74. The second-order valence-electron chi connectivity index (χ2n) is 7.20. The van der Waals surface area contributed by atoms with Gasteiger partial charge in [-0.15, -0.1) is 0 Å². The number of nitrogens with zero attached hydrogens (tertiary/aromatic N) is 3. The van der Waals surface area contributed by atoms with Crippen LogP contribution in [0.15, 0.2) is 59.1 Å². The van der Waals surface area contributed by atoms with Crippen LogP contribution >= 0.6 is 0 Å². The molecule has 0 atom stereocenters. The molecule has 1 saturated heterocycles. The predicted molar refractivity (Wildman–Crippen MR) is 102 cm³/mol. The van der Waals surface area contributed by atoms with Gasteiger partial charge in [0.2, 0.25) is 11.8 Å². The number of carbonyl (C=O) groups is 1. The van der Waals surface area contributed by atoms with Gasteiger partial charge in [-0.25, -0.2) is 0 Å². The second-order valence-corrected chi connectivity index (χ2v) is 7.20. The summed E-state index contributed by atoms with van der Waals surface area (Å²) in [4.78, 5) is 18.8. The molecule has 2 aromatic carbocycles. The van der Waals surface area contributed by atoms with Crippen LogP contribution in [0.1, 0.15) is 34.3 Å². The quantitative estimate of drug-likeness (QED) is 0.676. The molecule has 138 valence electrons. The fourth-order valence-corrected chi connectivity index (χ4v) is 3.38. The lowest BCUT2D eigenvalue weighted by Crippen LogP contribution is -2.49. The molecule has 0 spiro atoms. The van der Waals surface area contributed by atoms with Crippen molar-refractivity contribution >= 4 is 5.91 Å². The minimum atomic E-state index is 0.153. The first-order valence-corrected chi connectivity index (χ1v) is 9.37. The lowest BCUT2D eigenvalue weighted by atomic mass is 9.98. The number of carbonyl (C=O) groups excluding carboxylic acids is 1. The summed E-state index contributed by atoms with van der Waals surface area (Å²) in [5.74, 6) is 1.70. The summed E-state index contributed by atoms with van der Waals surface area (Å²) >= 11 is 0. The highest BCUT2D eigenvalue weighted by Gasteiger charge is 2.35. The van der Waals surface area contributed by atoms with Gasteiger partial charge in [0, 0.05) is 19.5 Å². The number of aryl methyl sites for hydroxylation is 3. The Labute approximate surface area is 159 Å². The lowest BCUT2D eigenvalue weighted by molar-refractivity contribution is -0.135. The van der Waals surface area contributed by atoms with Gasteiger partial charge in [0.25, 0.3) is 0 Å². The van der Waals surface area contributed by atoms with Crippen LogP contribution in [0.2, 0.25) is 0 Å². The van der Waals surface area contributed by atoms with Crippen LogP contribution in [0.25, 0.3) is 0 Å². The summed E-state index contributed by atoms with van der Waals surface area (Å²) < 4.78 is 5.42. The lowest BCUT2D eigenvalue weighted by Gasteiger charge is -2.37. The van der Waals surface area contributed by atoms with Gasteiger partial charge in [-0.05, 0) is 24.5 Å². The SMILES string of the molecule is Cc1cccc(CC(=O)N2CC(c3nc(CCc4ccccc4)no3)C2)c1. The number of benzene rings is 2. The largest absolute Gasteiger partial charge is 0.341 e. The van der Waals surface area contributed by atoms with Crippen LogP contribution < -0.4 is 0 Å². The maximum Gasteiger partial charge on any atom is 0.233 e. The number of rotatable bonds is 6. The van der Waals surface area contributed by atoms with Crippen molar-refractivity contribution in [3.63, 3.8) is 0 Å². The van der Waals surface area contributed by atoms with Crippen LogP contribution in [0.4, 0.5) is 0 Å². The highest BCUT2D eigenvalue weighted by atomic mass is 16.5. The summed E-state index contributed by atoms with van der Waals surface area (Å²) in [7, 11) is 0. The van der Waals surface area contributed by atoms with Gasteiger partial charge in [0.1, 0.15) is 0 Å². The third kappa shape index (κ3) is 4.25. The normalized spacial score (nSPS) is 14.2. The van der Waals surface area contributed by atoms with Crippen molar-refractivity contribution in [2.45, 2.75) is 32.1 Å². The highest BCUT2D eigenvalue weighted by molar-refractivity contribution is 5.79. The van der Waals surface area contributed by atoms with Crippen molar-refractivity contribution in [1.82, 2.24) is 15.0 Å². The van der Waals surface area contributed by atoms with Crippen molar-refractivity contribution < 1.29 is 9.32 Å². The fraction of sp³-hybridized carbons (Fsp3) is 0.318. The van der Waals surface area contributed by atoms with E-state index in [9.17, 15) is 4.79 Å². The minimum Gasteiger partial charge on any atom is -0.341 e. The molecule has 0 radical (unpaired) electrons. The Morgan fingerprint density at radius 2 is 1.85 bits per heavy atom. The average molecular weight is 361 g/mol. The van der Waals surface area contributed by atoms with E-state index in [1.165, 1.54) is 11.1 Å². The topological polar surface area (TPSA) is 59.2 Å². The smallest absolute Gasteiger partial charge is 0.233 e. The minimum absolute atomic E-state index is 0.153. The Bertz CT molecular complexity index is 914. The summed E-state index contributed by atoms with van der Waals surface area (Å²) in [6.45, 7) is 3.36. The zero-order valence-corrected chi connectivity index (χ0v) is 15.5. The molecule has 0 bridgehead atoms. The first-order chi connectivity index (χ1) is 13.2. The fourth-order valence-electron chi connectivity index (χ4n) is 3.38. The van der Waals surface area contributed by atoms with Gasteiger partial charge in [0.05, 0.1) is 12.3 Å². The van der Waals surface area contributed by atoms with Gasteiger partial charge in [-0.1, -0.05) is 65.3 Å². The molecule has 1 aliphatic heterocycles. The van der Waals surface area contributed by atoms with Crippen molar-refractivity contribution in [1.29, 1.82) is 0 Å². The molecule has 27 heavy (non-hydrogen) atoms. The molecule has 1 aliphatic rings. The first kappa shape index (κ1) is 17.5. The standard InChI is InChI=1S/C22H23N3O2/c1-16-6-5-9-18(12-16)13-21(26)25-14-19(15-25)22-23-20(24-27-22)11-10-17-7-3-2-4-8-17/h2-9,12,19H,10-11,13-15H2,1H3. The van der Waals surface area contributed by atoms with Gasteiger partial charge in [-0.2, -0.15) is 4.98 Å². The van der Waals surface area contributed by atoms with Crippen molar-refractivity contribution in [3.05, 3.63) is 83.0 Å². The van der Waals surface area contributed by atoms with E-state index in [1.54, 1.807) is 0 Å². The van der Waals surface area contributed by atoms with Crippen LogP contribution in [0.3, 0.4) is 0 Å². The van der Waals surface area contributed by atoms with Crippen molar-refractivity contribution in [3.8, 4) is 0 Å². The maximum absolute atomic E-state index is 12.4. The number of likely N-dealkylation sites (tertiary alicyclic amines) is 1. The number of aromatic nitrogens is 2.